The maximum absolute atomic E-state index is 13.3. The van der Waals surface area contributed by atoms with Gasteiger partial charge in [-0.25, -0.2) is 0 Å². The largest absolute Gasteiger partial charge is 0.349 e. The van der Waals surface area contributed by atoms with Crippen molar-refractivity contribution < 1.29 is 4.79 Å². The van der Waals surface area contributed by atoms with Crippen LogP contribution in [0.3, 0.4) is 0 Å². The standard InChI is InChI=1S/C28H30N4O/c29-19-21-11-12-23-18-27(28(33)30-13-16-31-14-4-1-5-15-31)32(26(23)17-21)20-24-9-6-8-22-7-2-3-10-25(22)24/h2-3,6-12,17-19,29H,1,4-5,13-16,20H2,(H,30,33). The number of rotatable bonds is 7. The zero-order valence-corrected chi connectivity index (χ0v) is 18.9. The van der Waals surface area contributed by atoms with E-state index in [-0.39, 0.29) is 5.91 Å². The van der Waals surface area contributed by atoms with Crippen molar-refractivity contribution in [2.75, 3.05) is 26.2 Å². The van der Waals surface area contributed by atoms with Crippen LogP contribution in [-0.2, 0) is 6.54 Å². The molecular weight excluding hydrogens is 408 g/mol. The molecule has 0 spiro atoms. The second-order valence-corrected chi connectivity index (χ2v) is 8.87. The van der Waals surface area contributed by atoms with Gasteiger partial charge in [0.15, 0.2) is 0 Å². The lowest BCUT2D eigenvalue weighted by molar-refractivity contribution is 0.0938. The maximum atomic E-state index is 13.3. The van der Waals surface area contributed by atoms with E-state index >= 15 is 0 Å². The monoisotopic (exact) mass is 438 g/mol. The van der Waals surface area contributed by atoms with E-state index in [4.69, 9.17) is 5.41 Å². The van der Waals surface area contributed by atoms with E-state index in [0.717, 1.165) is 36.1 Å². The number of hydrogen-bond acceptors (Lipinski definition) is 3. The van der Waals surface area contributed by atoms with Crippen LogP contribution in [0.2, 0.25) is 0 Å². The minimum Gasteiger partial charge on any atom is -0.349 e. The molecule has 1 saturated heterocycles. The number of carbonyl (C=O) groups is 1. The molecule has 5 heteroatoms. The molecule has 1 amide bonds. The molecule has 33 heavy (non-hydrogen) atoms. The van der Waals surface area contributed by atoms with Crippen LogP contribution in [0.4, 0.5) is 0 Å². The van der Waals surface area contributed by atoms with Crippen LogP contribution >= 0.6 is 0 Å². The lowest BCUT2D eigenvalue weighted by atomic mass is 10.0. The Bertz CT molecular complexity index is 1290. The van der Waals surface area contributed by atoms with Crippen molar-refractivity contribution in [3.8, 4) is 0 Å². The van der Waals surface area contributed by atoms with Gasteiger partial charge in [0.2, 0.25) is 0 Å². The highest BCUT2D eigenvalue weighted by Crippen LogP contribution is 2.26. The summed E-state index contributed by atoms with van der Waals surface area (Å²) >= 11 is 0. The van der Waals surface area contributed by atoms with E-state index in [0.29, 0.717) is 18.8 Å². The molecule has 4 aromatic rings. The first-order chi connectivity index (χ1) is 16.2. The summed E-state index contributed by atoms with van der Waals surface area (Å²) in [7, 11) is 0. The first-order valence-corrected chi connectivity index (χ1v) is 11.8. The third kappa shape index (κ3) is 4.55. The van der Waals surface area contributed by atoms with E-state index in [1.165, 1.54) is 41.8 Å². The number of fused-ring (bicyclic) bond motifs is 2. The SMILES string of the molecule is N=Cc1ccc2cc(C(=O)NCCN3CCCCC3)n(Cc3cccc4ccccc34)c2c1. The number of aromatic nitrogens is 1. The first kappa shape index (κ1) is 21.4. The Morgan fingerprint density at radius 2 is 1.76 bits per heavy atom. The van der Waals surface area contributed by atoms with Crippen LogP contribution in [0.15, 0.2) is 66.7 Å². The molecule has 0 bridgehead atoms. The Balaban J connectivity index is 1.46. The van der Waals surface area contributed by atoms with Crippen molar-refractivity contribution in [1.82, 2.24) is 14.8 Å². The van der Waals surface area contributed by atoms with Crippen LogP contribution in [0.1, 0.15) is 40.9 Å². The third-order valence-corrected chi connectivity index (χ3v) is 6.70. The molecule has 1 aliphatic rings. The van der Waals surface area contributed by atoms with Crippen LogP contribution in [0.5, 0.6) is 0 Å². The highest BCUT2D eigenvalue weighted by atomic mass is 16.1. The normalized spacial score (nSPS) is 14.5. The molecule has 0 radical (unpaired) electrons. The van der Waals surface area contributed by atoms with Gasteiger partial charge in [0.1, 0.15) is 5.69 Å². The molecule has 1 aromatic heterocycles. The van der Waals surface area contributed by atoms with E-state index in [9.17, 15) is 4.79 Å². The Labute approximate surface area is 194 Å². The van der Waals surface area contributed by atoms with Gasteiger partial charge in [-0.3, -0.25) is 4.79 Å². The predicted octanol–water partition coefficient (Wildman–Crippen LogP) is 5.06. The molecule has 0 unspecified atom stereocenters. The predicted molar refractivity (Wildman–Crippen MR) is 135 cm³/mol. The number of likely N-dealkylation sites (tertiary alicyclic amines) is 1. The van der Waals surface area contributed by atoms with Gasteiger partial charge < -0.3 is 20.2 Å². The summed E-state index contributed by atoms with van der Waals surface area (Å²) in [6, 6.07) is 22.6. The van der Waals surface area contributed by atoms with Crippen molar-refractivity contribution >= 4 is 33.8 Å². The zero-order valence-electron chi connectivity index (χ0n) is 18.9. The topological polar surface area (TPSA) is 61.1 Å². The molecule has 0 atom stereocenters. The molecule has 5 nitrogen and oxygen atoms in total. The Morgan fingerprint density at radius 1 is 0.939 bits per heavy atom. The molecule has 1 aliphatic heterocycles. The fourth-order valence-electron chi connectivity index (χ4n) is 4.92. The number of hydrogen-bond donors (Lipinski definition) is 2. The number of nitrogens with one attached hydrogen (secondary N) is 2. The second kappa shape index (κ2) is 9.59. The Hall–Kier alpha value is -3.44. The molecule has 2 N–H and O–H groups in total. The second-order valence-electron chi connectivity index (χ2n) is 8.87. The molecule has 3 aromatic carbocycles. The summed E-state index contributed by atoms with van der Waals surface area (Å²) in [5, 5.41) is 14.2. The fraction of sp³-hybridized carbons (Fsp3) is 0.286. The van der Waals surface area contributed by atoms with E-state index in [2.05, 4.69) is 57.2 Å². The first-order valence-electron chi connectivity index (χ1n) is 11.8. The summed E-state index contributed by atoms with van der Waals surface area (Å²) in [6.45, 7) is 4.40. The van der Waals surface area contributed by atoms with Gasteiger partial charge in [-0.1, -0.05) is 61.0 Å². The van der Waals surface area contributed by atoms with Crippen molar-refractivity contribution in [3.05, 3.63) is 83.6 Å². The number of benzene rings is 3. The van der Waals surface area contributed by atoms with E-state index < -0.39 is 0 Å². The number of carbonyl (C=O) groups excluding carboxylic acids is 1. The smallest absolute Gasteiger partial charge is 0.267 e. The number of nitrogens with zero attached hydrogens (tertiary/aromatic N) is 2. The summed E-state index contributed by atoms with van der Waals surface area (Å²) in [6.07, 6.45) is 5.17. The molecule has 0 aliphatic carbocycles. The lowest BCUT2D eigenvalue weighted by Gasteiger charge is -2.26. The average Bonchev–Trinajstić information content (AvgIpc) is 3.22. The van der Waals surface area contributed by atoms with Gasteiger partial charge in [-0.2, -0.15) is 0 Å². The van der Waals surface area contributed by atoms with Gasteiger partial charge in [0, 0.05) is 36.8 Å². The van der Waals surface area contributed by atoms with E-state index in [1.807, 2.05) is 24.3 Å². The highest BCUT2D eigenvalue weighted by molar-refractivity contribution is 6.00. The van der Waals surface area contributed by atoms with E-state index in [1.54, 1.807) is 0 Å². The van der Waals surface area contributed by atoms with Crippen molar-refractivity contribution in [1.29, 1.82) is 5.41 Å². The Morgan fingerprint density at radius 3 is 2.61 bits per heavy atom. The Kier molecular flexibility index (Phi) is 6.22. The minimum atomic E-state index is -0.0418. The van der Waals surface area contributed by atoms with Crippen LogP contribution in [-0.4, -0.2) is 47.8 Å². The van der Waals surface area contributed by atoms with Crippen molar-refractivity contribution in [2.24, 2.45) is 0 Å². The summed E-state index contributed by atoms with van der Waals surface area (Å²) in [5.41, 5.74) is 3.65. The molecule has 168 valence electrons. The van der Waals surface area contributed by atoms with Crippen LogP contribution < -0.4 is 5.32 Å². The minimum absolute atomic E-state index is 0.0418. The zero-order chi connectivity index (χ0) is 22.6. The summed E-state index contributed by atoms with van der Waals surface area (Å²) in [5.74, 6) is -0.0418. The van der Waals surface area contributed by atoms with Crippen LogP contribution in [0, 0.1) is 5.41 Å². The van der Waals surface area contributed by atoms with Crippen LogP contribution in [0.25, 0.3) is 21.7 Å². The third-order valence-electron chi connectivity index (χ3n) is 6.70. The lowest BCUT2D eigenvalue weighted by Crippen LogP contribution is -2.38. The molecule has 1 fully saturated rings. The maximum Gasteiger partial charge on any atom is 0.267 e. The number of piperidine rings is 1. The quantitative estimate of drug-likeness (QED) is 0.396. The average molecular weight is 439 g/mol. The van der Waals surface area contributed by atoms with Gasteiger partial charge in [-0.15, -0.1) is 0 Å². The molecule has 0 saturated carbocycles. The number of amides is 1. The van der Waals surface area contributed by atoms with Crippen molar-refractivity contribution in [2.45, 2.75) is 25.8 Å². The highest BCUT2D eigenvalue weighted by Gasteiger charge is 2.18. The van der Waals surface area contributed by atoms with Gasteiger partial charge in [0.25, 0.3) is 5.91 Å². The molecular formula is C28H30N4O. The summed E-state index contributed by atoms with van der Waals surface area (Å²) in [4.78, 5) is 15.7. The summed E-state index contributed by atoms with van der Waals surface area (Å²) < 4.78 is 2.10. The van der Waals surface area contributed by atoms with Crippen molar-refractivity contribution in [3.63, 3.8) is 0 Å². The van der Waals surface area contributed by atoms with Gasteiger partial charge in [0.05, 0.1) is 0 Å². The molecule has 2 heterocycles. The fourth-order valence-corrected chi connectivity index (χ4v) is 4.92. The molecule has 5 rings (SSSR count). The van der Waals surface area contributed by atoms with Gasteiger partial charge >= 0.3 is 0 Å². The van der Waals surface area contributed by atoms with Gasteiger partial charge in [-0.05, 0) is 60.0 Å².